The Morgan fingerprint density at radius 1 is 1.35 bits per heavy atom. The first-order valence-corrected chi connectivity index (χ1v) is 6.86. The lowest BCUT2D eigenvalue weighted by Gasteiger charge is -2.07. The zero-order valence-corrected chi connectivity index (χ0v) is 12.2. The highest BCUT2D eigenvalue weighted by Crippen LogP contribution is 2.06. The minimum absolute atomic E-state index is 0.718. The van der Waals surface area contributed by atoms with Crippen LogP contribution >= 0.6 is 15.9 Å². The van der Waals surface area contributed by atoms with Crippen molar-refractivity contribution in [1.82, 2.24) is 10.3 Å². The fourth-order valence-corrected chi connectivity index (χ4v) is 1.53. The monoisotopic (exact) mass is 300 g/mol. The fraction of sp³-hybridized carbons (Fsp3) is 0.615. The van der Waals surface area contributed by atoms with Gasteiger partial charge in [0.25, 0.3) is 0 Å². The molecule has 4 heteroatoms. The SMILES string of the molecule is CC(C)CCOCCNCc1ccc(Br)cn1. The molecule has 0 aliphatic rings. The van der Waals surface area contributed by atoms with E-state index in [1.54, 1.807) is 0 Å². The molecule has 0 bridgehead atoms. The van der Waals surface area contributed by atoms with Gasteiger partial charge in [0, 0.05) is 30.4 Å². The smallest absolute Gasteiger partial charge is 0.0591 e. The van der Waals surface area contributed by atoms with Crippen LogP contribution in [0.3, 0.4) is 0 Å². The van der Waals surface area contributed by atoms with Gasteiger partial charge in [-0.2, -0.15) is 0 Å². The highest BCUT2D eigenvalue weighted by atomic mass is 79.9. The van der Waals surface area contributed by atoms with E-state index in [0.717, 1.165) is 48.8 Å². The molecule has 0 fully saturated rings. The van der Waals surface area contributed by atoms with Crippen molar-refractivity contribution >= 4 is 15.9 Å². The highest BCUT2D eigenvalue weighted by molar-refractivity contribution is 9.10. The van der Waals surface area contributed by atoms with E-state index in [2.05, 4.69) is 40.1 Å². The number of nitrogens with one attached hydrogen (secondary N) is 1. The number of hydrogen-bond donors (Lipinski definition) is 1. The zero-order valence-electron chi connectivity index (χ0n) is 10.6. The Morgan fingerprint density at radius 3 is 2.82 bits per heavy atom. The summed E-state index contributed by atoms with van der Waals surface area (Å²) in [5, 5.41) is 3.31. The first-order chi connectivity index (χ1) is 8.18. The molecule has 0 spiro atoms. The predicted octanol–water partition coefficient (Wildman–Crippen LogP) is 3.00. The molecule has 1 aromatic heterocycles. The molecule has 17 heavy (non-hydrogen) atoms. The van der Waals surface area contributed by atoms with Crippen molar-refractivity contribution in [2.45, 2.75) is 26.8 Å². The summed E-state index contributed by atoms with van der Waals surface area (Å²) in [7, 11) is 0. The van der Waals surface area contributed by atoms with Gasteiger partial charge in [0.05, 0.1) is 12.3 Å². The summed E-state index contributed by atoms with van der Waals surface area (Å²) >= 11 is 3.36. The van der Waals surface area contributed by atoms with Gasteiger partial charge in [0.1, 0.15) is 0 Å². The maximum atomic E-state index is 5.51. The van der Waals surface area contributed by atoms with Crippen LogP contribution in [0.5, 0.6) is 0 Å². The Labute approximate surface area is 112 Å². The number of hydrogen-bond acceptors (Lipinski definition) is 3. The van der Waals surface area contributed by atoms with E-state index in [-0.39, 0.29) is 0 Å². The highest BCUT2D eigenvalue weighted by Gasteiger charge is 1.95. The fourth-order valence-electron chi connectivity index (χ4n) is 1.29. The molecule has 3 nitrogen and oxygen atoms in total. The van der Waals surface area contributed by atoms with Crippen LogP contribution in [0.15, 0.2) is 22.8 Å². The van der Waals surface area contributed by atoms with Gasteiger partial charge in [0.2, 0.25) is 0 Å². The van der Waals surface area contributed by atoms with Crippen LogP contribution < -0.4 is 5.32 Å². The standard InChI is InChI=1S/C13H21BrN2O/c1-11(2)5-7-17-8-6-15-10-13-4-3-12(14)9-16-13/h3-4,9,11,15H,5-8,10H2,1-2H3. The van der Waals surface area contributed by atoms with Gasteiger partial charge in [-0.15, -0.1) is 0 Å². The molecule has 0 aliphatic carbocycles. The van der Waals surface area contributed by atoms with Crippen LogP contribution in [-0.4, -0.2) is 24.7 Å². The number of aromatic nitrogens is 1. The van der Waals surface area contributed by atoms with E-state index in [1.165, 1.54) is 0 Å². The average Bonchev–Trinajstić information content (AvgIpc) is 2.30. The van der Waals surface area contributed by atoms with Crippen LogP contribution in [0, 0.1) is 5.92 Å². The Morgan fingerprint density at radius 2 is 2.18 bits per heavy atom. The molecule has 1 rings (SSSR count). The van der Waals surface area contributed by atoms with Crippen molar-refractivity contribution in [2.75, 3.05) is 19.8 Å². The molecule has 96 valence electrons. The lowest BCUT2D eigenvalue weighted by molar-refractivity contribution is 0.125. The second-order valence-electron chi connectivity index (χ2n) is 4.44. The minimum atomic E-state index is 0.718. The number of ether oxygens (including phenoxy) is 1. The van der Waals surface area contributed by atoms with Gasteiger partial charge in [0.15, 0.2) is 0 Å². The number of rotatable bonds is 8. The van der Waals surface area contributed by atoms with E-state index in [4.69, 9.17) is 4.74 Å². The van der Waals surface area contributed by atoms with Crippen molar-refractivity contribution in [2.24, 2.45) is 5.92 Å². The van der Waals surface area contributed by atoms with Gasteiger partial charge in [-0.05, 0) is 40.4 Å². The van der Waals surface area contributed by atoms with E-state index in [1.807, 2.05) is 18.3 Å². The van der Waals surface area contributed by atoms with Gasteiger partial charge in [-0.1, -0.05) is 13.8 Å². The summed E-state index contributed by atoms with van der Waals surface area (Å²) in [4.78, 5) is 4.29. The van der Waals surface area contributed by atoms with Crippen molar-refractivity contribution < 1.29 is 4.74 Å². The lowest BCUT2D eigenvalue weighted by atomic mass is 10.1. The maximum absolute atomic E-state index is 5.51. The van der Waals surface area contributed by atoms with Crippen LogP contribution in [0.1, 0.15) is 26.0 Å². The zero-order chi connectivity index (χ0) is 12.5. The van der Waals surface area contributed by atoms with Gasteiger partial charge in [-0.25, -0.2) is 0 Å². The molecule has 0 unspecified atom stereocenters. The molecule has 0 amide bonds. The number of nitrogens with zero attached hydrogens (tertiary/aromatic N) is 1. The van der Waals surface area contributed by atoms with E-state index >= 15 is 0 Å². The van der Waals surface area contributed by atoms with Crippen molar-refractivity contribution in [3.05, 3.63) is 28.5 Å². The molecule has 1 heterocycles. The van der Waals surface area contributed by atoms with Crippen LogP contribution in [-0.2, 0) is 11.3 Å². The first-order valence-electron chi connectivity index (χ1n) is 6.07. The third-order valence-electron chi connectivity index (χ3n) is 2.36. The normalized spacial score (nSPS) is 11.1. The number of halogens is 1. The largest absolute Gasteiger partial charge is 0.380 e. The van der Waals surface area contributed by atoms with Gasteiger partial charge in [-0.3, -0.25) is 4.98 Å². The number of pyridine rings is 1. The maximum Gasteiger partial charge on any atom is 0.0591 e. The molecule has 0 saturated heterocycles. The van der Waals surface area contributed by atoms with Crippen molar-refractivity contribution in [3.63, 3.8) is 0 Å². The van der Waals surface area contributed by atoms with Crippen LogP contribution in [0.4, 0.5) is 0 Å². The molecular weight excluding hydrogens is 280 g/mol. The van der Waals surface area contributed by atoms with Crippen LogP contribution in [0.2, 0.25) is 0 Å². The van der Waals surface area contributed by atoms with Crippen molar-refractivity contribution in [1.29, 1.82) is 0 Å². The summed E-state index contributed by atoms with van der Waals surface area (Å²) in [5.74, 6) is 0.718. The van der Waals surface area contributed by atoms with Crippen molar-refractivity contribution in [3.8, 4) is 0 Å². The van der Waals surface area contributed by atoms with E-state index < -0.39 is 0 Å². The minimum Gasteiger partial charge on any atom is -0.380 e. The third-order valence-corrected chi connectivity index (χ3v) is 2.83. The molecule has 0 atom stereocenters. The second-order valence-corrected chi connectivity index (χ2v) is 5.36. The Balaban J connectivity index is 1.99. The third kappa shape index (κ3) is 7.47. The van der Waals surface area contributed by atoms with Crippen LogP contribution in [0.25, 0.3) is 0 Å². The summed E-state index contributed by atoms with van der Waals surface area (Å²) < 4.78 is 6.52. The first kappa shape index (κ1) is 14.6. The van der Waals surface area contributed by atoms with E-state index in [9.17, 15) is 0 Å². The summed E-state index contributed by atoms with van der Waals surface area (Å²) in [6.45, 7) is 7.71. The summed E-state index contributed by atoms with van der Waals surface area (Å²) in [6, 6.07) is 4.01. The topological polar surface area (TPSA) is 34.1 Å². The summed E-state index contributed by atoms with van der Waals surface area (Å²) in [5.41, 5.74) is 1.05. The Kier molecular flexibility index (Phi) is 7.40. The van der Waals surface area contributed by atoms with E-state index in [0.29, 0.717) is 0 Å². The molecule has 1 N–H and O–H groups in total. The molecular formula is C13H21BrN2O. The Bertz CT molecular complexity index is 301. The molecule has 0 aromatic carbocycles. The molecule has 1 aromatic rings. The Hall–Kier alpha value is -0.450. The lowest BCUT2D eigenvalue weighted by Crippen LogP contribution is -2.20. The van der Waals surface area contributed by atoms with Gasteiger partial charge >= 0.3 is 0 Å². The van der Waals surface area contributed by atoms with Gasteiger partial charge < -0.3 is 10.1 Å². The molecule has 0 saturated carbocycles. The summed E-state index contributed by atoms with van der Waals surface area (Å²) in [6.07, 6.45) is 2.95. The molecule has 0 radical (unpaired) electrons. The quantitative estimate of drug-likeness (QED) is 0.750. The average molecular weight is 301 g/mol. The predicted molar refractivity (Wildman–Crippen MR) is 73.9 cm³/mol. The molecule has 0 aliphatic heterocycles. The second kappa shape index (κ2) is 8.61.